The fourth-order valence-corrected chi connectivity index (χ4v) is 3.80. The summed E-state index contributed by atoms with van der Waals surface area (Å²) < 4.78 is 5.81. The second kappa shape index (κ2) is 7.05. The predicted octanol–water partition coefficient (Wildman–Crippen LogP) is 2.64. The maximum absolute atomic E-state index is 6.14. The van der Waals surface area contributed by atoms with Gasteiger partial charge in [-0.3, -0.25) is 0 Å². The molecule has 0 spiro atoms. The van der Waals surface area contributed by atoms with E-state index in [0.29, 0.717) is 11.5 Å². The minimum atomic E-state index is 0.389. The molecule has 2 rings (SSSR count). The molecule has 0 radical (unpaired) electrons. The lowest BCUT2D eigenvalue weighted by Crippen LogP contribution is -2.49. The summed E-state index contributed by atoms with van der Waals surface area (Å²) in [7, 11) is 0. The molecule has 0 bridgehead atoms. The van der Waals surface area contributed by atoms with Crippen LogP contribution in [0, 0.1) is 11.3 Å². The standard InChI is InChI=1S/C16H32N2O/c1-3-19-15-5-4-10-18(11-15)13-16(12-17)8-6-14(2)7-9-16/h14-15H,3-13,17H2,1-2H3. The molecule has 0 aromatic carbocycles. The van der Waals surface area contributed by atoms with Crippen LogP contribution in [-0.4, -0.2) is 43.8 Å². The molecule has 1 atom stereocenters. The van der Waals surface area contributed by atoms with Gasteiger partial charge in [0.1, 0.15) is 0 Å². The highest BCUT2D eigenvalue weighted by atomic mass is 16.5. The van der Waals surface area contributed by atoms with Crippen molar-refractivity contribution >= 4 is 0 Å². The van der Waals surface area contributed by atoms with Crippen LogP contribution < -0.4 is 5.73 Å². The monoisotopic (exact) mass is 268 g/mol. The third-order valence-electron chi connectivity index (χ3n) is 5.19. The van der Waals surface area contributed by atoms with Gasteiger partial charge in [-0.2, -0.15) is 0 Å². The Kier molecular flexibility index (Phi) is 5.67. The first-order chi connectivity index (χ1) is 9.17. The first-order valence-electron chi connectivity index (χ1n) is 8.21. The van der Waals surface area contributed by atoms with Crippen LogP contribution in [-0.2, 0) is 4.74 Å². The van der Waals surface area contributed by atoms with E-state index < -0.39 is 0 Å². The van der Waals surface area contributed by atoms with Crippen molar-refractivity contribution in [1.29, 1.82) is 0 Å². The van der Waals surface area contributed by atoms with Crippen molar-refractivity contribution in [3.8, 4) is 0 Å². The van der Waals surface area contributed by atoms with Gasteiger partial charge in [0.25, 0.3) is 0 Å². The summed E-state index contributed by atoms with van der Waals surface area (Å²) in [6.07, 6.45) is 8.33. The molecular weight excluding hydrogens is 236 g/mol. The van der Waals surface area contributed by atoms with Crippen LogP contribution in [0.2, 0.25) is 0 Å². The molecule has 112 valence electrons. The zero-order valence-electron chi connectivity index (χ0n) is 12.9. The van der Waals surface area contributed by atoms with E-state index in [1.165, 1.54) is 51.6 Å². The predicted molar refractivity (Wildman–Crippen MR) is 80.2 cm³/mol. The summed E-state index contributed by atoms with van der Waals surface area (Å²) in [5.41, 5.74) is 6.53. The van der Waals surface area contributed by atoms with Gasteiger partial charge in [0.2, 0.25) is 0 Å². The molecule has 1 aliphatic heterocycles. The third kappa shape index (κ3) is 4.17. The molecular formula is C16H32N2O. The Morgan fingerprint density at radius 1 is 1.26 bits per heavy atom. The minimum Gasteiger partial charge on any atom is -0.377 e. The summed E-state index contributed by atoms with van der Waals surface area (Å²) in [6, 6.07) is 0. The van der Waals surface area contributed by atoms with Crippen LogP contribution in [0.4, 0.5) is 0 Å². The Morgan fingerprint density at radius 2 is 2.00 bits per heavy atom. The number of nitrogens with zero attached hydrogens (tertiary/aromatic N) is 1. The molecule has 1 saturated carbocycles. The van der Waals surface area contributed by atoms with Crippen molar-refractivity contribution in [3.63, 3.8) is 0 Å². The first-order valence-corrected chi connectivity index (χ1v) is 8.21. The zero-order chi connectivity index (χ0) is 13.7. The summed E-state index contributed by atoms with van der Waals surface area (Å²) >= 11 is 0. The molecule has 2 fully saturated rings. The number of likely N-dealkylation sites (tertiary alicyclic amines) is 1. The van der Waals surface area contributed by atoms with E-state index in [4.69, 9.17) is 10.5 Å². The van der Waals surface area contributed by atoms with Gasteiger partial charge in [-0.15, -0.1) is 0 Å². The average molecular weight is 268 g/mol. The van der Waals surface area contributed by atoms with Crippen molar-refractivity contribution in [3.05, 3.63) is 0 Å². The van der Waals surface area contributed by atoms with Gasteiger partial charge in [0.05, 0.1) is 6.10 Å². The minimum absolute atomic E-state index is 0.389. The number of nitrogens with two attached hydrogens (primary N) is 1. The molecule has 1 unspecified atom stereocenters. The zero-order valence-corrected chi connectivity index (χ0v) is 12.9. The topological polar surface area (TPSA) is 38.5 Å². The lowest BCUT2D eigenvalue weighted by atomic mass is 9.70. The van der Waals surface area contributed by atoms with Gasteiger partial charge in [-0.05, 0) is 57.0 Å². The van der Waals surface area contributed by atoms with Gasteiger partial charge in [-0.1, -0.05) is 19.8 Å². The molecule has 2 aliphatic rings. The van der Waals surface area contributed by atoms with Crippen LogP contribution in [0.15, 0.2) is 0 Å². The summed E-state index contributed by atoms with van der Waals surface area (Å²) in [5, 5.41) is 0. The lowest BCUT2D eigenvalue weighted by molar-refractivity contribution is -0.0124. The van der Waals surface area contributed by atoms with Gasteiger partial charge in [-0.25, -0.2) is 0 Å². The third-order valence-corrected chi connectivity index (χ3v) is 5.19. The summed E-state index contributed by atoms with van der Waals surface area (Å²) in [5.74, 6) is 0.900. The van der Waals surface area contributed by atoms with Crippen LogP contribution in [0.3, 0.4) is 0 Å². The number of hydrogen-bond donors (Lipinski definition) is 1. The Labute approximate surface area is 118 Å². The maximum atomic E-state index is 6.14. The Bertz CT molecular complexity index is 259. The highest BCUT2D eigenvalue weighted by molar-refractivity contribution is 4.89. The van der Waals surface area contributed by atoms with Crippen LogP contribution in [0.1, 0.15) is 52.4 Å². The van der Waals surface area contributed by atoms with Crippen molar-refractivity contribution in [2.24, 2.45) is 17.1 Å². The van der Waals surface area contributed by atoms with Gasteiger partial charge in [0.15, 0.2) is 0 Å². The molecule has 1 saturated heterocycles. The highest BCUT2D eigenvalue weighted by Gasteiger charge is 2.35. The lowest BCUT2D eigenvalue weighted by Gasteiger charge is -2.44. The fourth-order valence-electron chi connectivity index (χ4n) is 3.80. The molecule has 1 aliphatic carbocycles. The quantitative estimate of drug-likeness (QED) is 0.833. The van der Waals surface area contributed by atoms with Crippen molar-refractivity contribution < 1.29 is 4.74 Å². The van der Waals surface area contributed by atoms with E-state index in [1.807, 2.05) is 0 Å². The molecule has 3 heteroatoms. The van der Waals surface area contributed by atoms with Crippen LogP contribution in [0.25, 0.3) is 0 Å². The molecule has 1 heterocycles. The second-order valence-corrected chi connectivity index (χ2v) is 6.84. The van der Waals surface area contributed by atoms with Gasteiger partial charge >= 0.3 is 0 Å². The van der Waals surface area contributed by atoms with Crippen LogP contribution >= 0.6 is 0 Å². The fraction of sp³-hybridized carbons (Fsp3) is 1.00. The van der Waals surface area contributed by atoms with Crippen molar-refractivity contribution in [2.75, 3.05) is 32.8 Å². The summed E-state index contributed by atoms with van der Waals surface area (Å²) in [6.45, 7) is 9.73. The highest BCUT2D eigenvalue weighted by Crippen LogP contribution is 2.39. The Hall–Kier alpha value is -0.120. The number of piperidine rings is 1. The Balaban J connectivity index is 1.87. The van der Waals surface area contributed by atoms with E-state index in [1.54, 1.807) is 0 Å². The van der Waals surface area contributed by atoms with E-state index in [2.05, 4.69) is 18.7 Å². The summed E-state index contributed by atoms with van der Waals surface area (Å²) in [4.78, 5) is 2.62. The molecule has 0 aromatic heterocycles. The van der Waals surface area contributed by atoms with Crippen molar-refractivity contribution in [2.45, 2.75) is 58.5 Å². The average Bonchev–Trinajstić information content (AvgIpc) is 2.43. The molecule has 2 N–H and O–H groups in total. The number of ether oxygens (including phenoxy) is 1. The van der Waals surface area contributed by atoms with E-state index >= 15 is 0 Å². The molecule has 19 heavy (non-hydrogen) atoms. The SMILES string of the molecule is CCOC1CCCN(CC2(CN)CCC(C)CC2)C1. The van der Waals surface area contributed by atoms with Crippen molar-refractivity contribution in [1.82, 2.24) is 4.90 Å². The maximum Gasteiger partial charge on any atom is 0.0702 e. The number of hydrogen-bond acceptors (Lipinski definition) is 3. The van der Waals surface area contributed by atoms with E-state index in [-0.39, 0.29) is 0 Å². The normalized spacial score (nSPS) is 37.4. The number of rotatable bonds is 5. The second-order valence-electron chi connectivity index (χ2n) is 6.84. The van der Waals surface area contributed by atoms with E-state index in [0.717, 1.165) is 25.6 Å². The molecule has 0 aromatic rings. The van der Waals surface area contributed by atoms with Crippen LogP contribution in [0.5, 0.6) is 0 Å². The Morgan fingerprint density at radius 3 is 2.63 bits per heavy atom. The molecule has 0 amide bonds. The van der Waals surface area contributed by atoms with E-state index in [9.17, 15) is 0 Å². The smallest absolute Gasteiger partial charge is 0.0702 e. The van der Waals surface area contributed by atoms with Gasteiger partial charge in [0, 0.05) is 19.7 Å². The molecule has 3 nitrogen and oxygen atoms in total. The largest absolute Gasteiger partial charge is 0.377 e. The van der Waals surface area contributed by atoms with Gasteiger partial charge < -0.3 is 15.4 Å². The first kappa shape index (κ1) is 15.3.